The SMILES string of the molecule is [2H]C(Br)(CCCCCCCCCCCCCC)C(=O)OC. The Bertz CT molecular complexity index is 257. The molecule has 2 nitrogen and oxygen atoms in total. The molecule has 0 aromatic rings. The molecule has 0 spiro atoms. The van der Waals surface area contributed by atoms with Gasteiger partial charge in [0.2, 0.25) is 0 Å². The highest BCUT2D eigenvalue weighted by Crippen LogP contribution is 2.15. The van der Waals surface area contributed by atoms with Gasteiger partial charge in [-0.3, -0.25) is 4.79 Å². The van der Waals surface area contributed by atoms with Crippen molar-refractivity contribution >= 4 is 21.9 Å². The highest BCUT2D eigenvalue weighted by molar-refractivity contribution is 9.10. The summed E-state index contributed by atoms with van der Waals surface area (Å²) in [5.41, 5.74) is 0. The normalized spacial score (nSPS) is 14.7. The van der Waals surface area contributed by atoms with Crippen molar-refractivity contribution < 1.29 is 10.9 Å². The van der Waals surface area contributed by atoms with E-state index < -0.39 is 10.8 Å². The van der Waals surface area contributed by atoms with Gasteiger partial charge >= 0.3 is 5.97 Å². The van der Waals surface area contributed by atoms with Crippen molar-refractivity contribution in [1.29, 1.82) is 0 Å². The number of carbonyl (C=O) groups is 1. The number of hydrogen-bond acceptors (Lipinski definition) is 2. The number of halogens is 1. The molecule has 3 heteroatoms. The van der Waals surface area contributed by atoms with Gasteiger partial charge in [-0.05, 0) is 6.42 Å². The number of methoxy groups -OCH3 is 1. The third-order valence-corrected chi connectivity index (χ3v) is 4.38. The monoisotopic (exact) mass is 349 g/mol. The van der Waals surface area contributed by atoms with Crippen LogP contribution in [0, 0.1) is 0 Å². The molecule has 20 heavy (non-hydrogen) atoms. The summed E-state index contributed by atoms with van der Waals surface area (Å²) in [5, 5.41) is 0. The summed E-state index contributed by atoms with van der Waals surface area (Å²) >= 11 is 3.13. The van der Waals surface area contributed by atoms with E-state index in [-0.39, 0.29) is 0 Å². The molecule has 0 rings (SSSR count). The van der Waals surface area contributed by atoms with Gasteiger partial charge < -0.3 is 4.74 Å². The summed E-state index contributed by atoms with van der Waals surface area (Å²) in [4.78, 5) is 10.1. The maximum absolute atomic E-state index is 11.3. The first-order valence-electron chi connectivity index (χ1n) is 8.82. The Morgan fingerprint density at radius 3 is 1.75 bits per heavy atom. The molecular formula is C17H33BrO2. The van der Waals surface area contributed by atoms with E-state index in [0.29, 0.717) is 6.42 Å². The number of esters is 1. The highest BCUT2D eigenvalue weighted by atomic mass is 79.9. The van der Waals surface area contributed by atoms with Gasteiger partial charge in [0, 0.05) is 0 Å². The predicted octanol–water partition coefficient (Wildman–Crippen LogP) is 6.01. The number of alkyl halides is 1. The van der Waals surface area contributed by atoms with Crippen LogP contribution >= 0.6 is 15.9 Å². The smallest absolute Gasteiger partial charge is 0.319 e. The molecule has 0 aliphatic rings. The van der Waals surface area contributed by atoms with Crippen LogP contribution in [-0.4, -0.2) is 17.9 Å². The molecule has 0 aromatic heterocycles. The molecular weight excluding hydrogens is 316 g/mol. The Balaban J connectivity index is 3.28. The summed E-state index contributed by atoms with van der Waals surface area (Å²) in [6, 6.07) is 0. The second kappa shape index (κ2) is 15.3. The van der Waals surface area contributed by atoms with E-state index >= 15 is 0 Å². The first kappa shape index (κ1) is 18.0. The molecule has 0 amide bonds. The van der Waals surface area contributed by atoms with E-state index in [0.717, 1.165) is 12.8 Å². The third-order valence-electron chi connectivity index (χ3n) is 3.66. The van der Waals surface area contributed by atoms with E-state index in [1.807, 2.05) is 0 Å². The fourth-order valence-electron chi connectivity index (χ4n) is 2.33. The summed E-state index contributed by atoms with van der Waals surface area (Å²) in [6.45, 7) is 2.26. The van der Waals surface area contributed by atoms with Gasteiger partial charge in [0.15, 0.2) is 0 Å². The van der Waals surface area contributed by atoms with Crippen molar-refractivity contribution in [3.63, 3.8) is 0 Å². The van der Waals surface area contributed by atoms with Crippen molar-refractivity contribution in [2.45, 2.75) is 95.2 Å². The number of unbranched alkanes of at least 4 members (excludes halogenated alkanes) is 11. The van der Waals surface area contributed by atoms with Crippen LogP contribution in [0.2, 0.25) is 0 Å². The minimum atomic E-state index is -1.25. The lowest BCUT2D eigenvalue weighted by Crippen LogP contribution is -2.15. The van der Waals surface area contributed by atoms with E-state index in [4.69, 9.17) is 1.37 Å². The number of ether oxygens (including phenoxy) is 1. The van der Waals surface area contributed by atoms with Crippen LogP contribution in [-0.2, 0) is 9.53 Å². The minimum Gasteiger partial charge on any atom is -0.468 e. The summed E-state index contributed by atoms with van der Waals surface area (Å²) in [5.74, 6) is -0.495. The topological polar surface area (TPSA) is 26.3 Å². The van der Waals surface area contributed by atoms with Crippen molar-refractivity contribution in [1.82, 2.24) is 0 Å². The van der Waals surface area contributed by atoms with Crippen LogP contribution in [0.25, 0.3) is 0 Å². The lowest BCUT2D eigenvalue weighted by Gasteiger charge is -2.07. The van der Waals surface area contributed by atoms with E-state index in [1.165, 1.54) is 71.3 Å². The molecule has 0 radical (unpaired) electrons. The molecule has 0 fully saturated rings. The summed E-state index contributed by atoms with van der Waals surface area (Å²) in [6.07, 6.45) is 16.0. The van der Waals surface area contributed by atoms with Gasteiger partial charge in [-0.2, -0.15) is 0 Å². The summed E-state index contributed by atoms with van der Waals surface area (Å²) < 4.78 is 12.4. The lowest BCUT2D eigenvalue weighted by atomic mass is 10.0. The van der Waals surface area contributed by atoms with Gasteiger partial charge in [-0.1, -0.05) is 99.9 Å². The van der Waals surface area contributed by atoms with Crippen LogP contribution in [0.3, 0.4) is 0 Å². The van der Waals surface area contributed by atoms with Gasteiger partial charge in [-0.25, -0.2) is 0 Å². The van der Waals surface area contributed by atoms with Crippen molar-refractivity contribution in [2.75, 3.05) is 7.11 Å². The highest BCUT2D eigenvalue weighted by Gasteiger charge is 2.13. The largest absolute Gasteiger partial charge is 0.468 e. The lowest BCUT2D eigenvalue weighted by molar-refractivity contribution is -0.139. The molecule has 1 unspecified atom stereocenters. The maximum atomic E-state index is 11.3. The molecule has 120 valence electrons. The third kappa shape index (κ3) is 13.0. The molecule has 0 saturated heterocycles. The number of carbonyl (C=O) groups excluding carboxylic acids is 1. The zero-order valence-electron chi connectivity index (χ0n) is 14.4. The van der Waals surface area contributed by atoms with Crippen molar-refractivity contribution in [3.8, 4) is 0 Å². The van der Waals surface area contributed by atoms with Gasteiger partial charge in [0.1, 0.15) is 4.80 Å². The number of hydrogen-bond donors (Lipinski definition) is 0. The minimum absolute atomic E-state index is 0.495. The van der Waals surface area contributed by atoms with E-state index in [9.17, 15) is 4.79 Å². The van der Waals surface area contributed by atoms with E-state index in [1.54, 1.807) is 0 Å². The van der Waals surface area contributed by atoms with Crippen LogP contribution in [0.5, 0.6) is 0 Å². The number of rotatable bonds is 14. The van der Waals surface area contributed by atoms with Gasteiger partial charge in [-0.15, -0.1) is 0 Å². The molecule has 0 saturated carbocycles. The summed E-state index contributed by atoms with van der Waals surface area (Å²) in [7, 11) is 1.33. The fraction of sp³-hybridized carbons (Fsp3) is 0.941. The average molecular weight is 350 g/mol. The molecule has 0 heterocycles. The first-order chi connectivity index (χ1) is 10.0. The molecule has 0 bridgehead atoms. The average Bonchev–Trinajstić information content (AvgIpc) is 2.47. The molecule has 0 aliphatic heterocycles. The molecule has 1 atom stereocenters. The van der Waals surface area contributed by atoms with Crippen LogP contribution in [0.15, 0.2) is 0 Å². The Morgan fingerprint density at radius 2 is 1.35 bits per heavy atom. The van der Waals surface area contributed by atoms with Crippen LogP contribution in [0.1, 0.15) is 91.8 Å². The van der Waals surface area contributed by atoms with Gasteiger partial charge in [0.05, 0.1) is 8.48 Å². The standard InChI is InChI=1S/C17H33BrO2/c1-3-4-5-6-7-8-9-10-11-12-13-14-15-16(18)17(19)20-2/h16H,3-15H2,1-2H3/i16D. The first-order valence-corrected chi connectivity index (χ1v) is 9.11. The Morgan fingerprint density at radius 1 is 0.950 bits per heavy atom. The maximum Gasteiger partial charge on any atom is 0.319 e. The van der Waals surface area contributed by atoms with Gasteiger partial charge in [0.25, 0.3) is 0 Å². The Hall–Kier alpha value is -0.0500. The van der Waals surface area contributed by atoms with Crippen LogP contribution < -0.4 is 0 Å². The van der Waals surface area contributed by atoms with E-state index in [2.05, 4.69) is 27.6 Å². The zero-order valence-corrected chi connectivity index (χ0v) is 15.0. The van der Waals surface area contributed by atoms with Crippen molar-refractivity contribution in [3.05, 3.63) is 0 Å². The second-order valence-electron chi connectivity index (χ2n) is 5.54. The molecule has 0 N–H and O–H groups in total. The zero-order chi connectivity index (χ0) is 16.0. The van der Waals surface area contributed by atoms with Crippen molar-refractivity contribution in [2.24, 2.45) is 0 Å². The Kier molecular flexibility index (Phi) is 13.8. The predicted molar refractivity (Wildman–Crippen MR) is 90.4 cm³/mol. The van der Waals surface area contributed by atoms with Crippen LogP contribution in [0.4, 0.5) is 0 Å². The molecule has 0 aromatic carbocycles. The Labute approximate surface area is 135 Å². The molecule has 0 aliphatic carbocycles. The quantitative estimate of drug-likeness (QED) is 0.218. The fourth-order valence-corrected chi connectivity index (χ4v) is 2.78. The second-order valence-corrected chi connectivity index (χ2v) is 6.49.